The Morgan fingerprint density at radius 3 is 2.90 bits per heavy atom. The molecule has 0 saturated carbocycles. The number of carbonyl (C=O) groups is 1. The van der Waals surface area contributed by atoms with Crippen LogP contribution >= 0.6 is 11.3 Å². The number of nitrogens with two attached hydrogens (primary N) is 1. The summed E-state index contributed by atoms with van der Waals surface area (Å²) in [6.07, 6.45) is 0. The lowest BCUT2D eigenvalue weighted by Gasteiger charge is -2.07. The van der Waals surface area contributed by atoms with E-state index >= 15 is 0 Å². The van der Waals surface area contributed by atoms with Gasteiger partial charge in [0.1, 0.15) is 21.5 Å². The summed E-state index contributed by atoms with van der Waals surface area (Å²) in [5.41, 5.74) is 8.47. The van der Waals surface area contributed by atoms with Crippen molar-refractivity contribution >= 4 is 28.0 Å². The summed E-state index contributed by atoms with van der Waals surface area (Å²) in [5, 5.41) is 12.7. The third kappa shape index (κ3) is 3.15. The van der Waals surface area contributed by atoms with Gasteiger partial charge >= 0.3 is 5.97 Å². The Bertz CT molecular complexity index is 716. The predicted octanol–water partition coefficient (Wildman–Crippen LogP) is 2.91. The van der Waals surface area contributed by atoms with Crippen LogP contribution in [0.15, 0.2) is 24.3 Å². The molecule has 0 bridgehead atoms. The summed E-state index contributed by atoms with van der Waals surface area (Å²) in [6, 6.07) is 10.0. The smallest absolute Gasteiger partial charge is 0.343 e. The molecule has 1 heterocycles. The zero-order valence-corrected chi connectivity index (χ0v) is 12.6. The molecule has 0 spiro atoms. The van der Waals surface area contributed by atoms with Gasteiger partial charge in [-0.15, -0.1) is 11.3 Å². The third-order valence-corrected chi connectivity index (χ3v) is 4.04. The van der Waals surface area contributed by atoms with Gasteiger partial charge in [-0.25, -0.2) is 4.79 Å². The van der Waals surface area contributed by atoms with E-state index in [0.717, 1.165) is 22.5 Å². The molecule has 0 unspecified atom stereocenters. The number of hydrogen-bond donors (Lipinski definition) is 2. The molecule has 21 heavy (non-hydrogen) atoms. The number of thiophene rings is 1. The second-order valence-electron chi connectivity index (χ2n) is 4.49. The van der Waals surface area contributed by atoms with Crippen LogP contribution in [0.3, 0.4) is 0 Å². The summed E-state index contributed by atoms with van der Waals surface area (Å²) in [7, 11) is 1.29. The Hall–Kier alpha value is -2.52. The molecule has 3 N–H and O–H groups in total. The fourth-order valence-corrected chi connectivity index (χ4v) is 2.86. The van der Waals surface area contributed by atoms with Gasteiger partial charge in [0.2, 0.25) is 0 Å². The van der Waals surface area contributed by atoms with Crippen molar-refractivity contribution in [3.63, 3.8) is 0 Å². The van der Waals surface area contributed by atoms with Gasteiger partial charge in [0.05, 0.1) is 12.8 Å². The maximum Gasteiger partial charge on any atom is 0.343 e. The summed E-state index contributed by atoms with van der Waals surface area (Å²) < 4.78 is 4.73. The van der Waals surface area contributed by atoms with E-state index in [1.54, 1.807) is 0 Å². The molecular formula is C15H15N3O2S. The maximum atomic E-state index is 11.8. The summed E-state index contributed by atoms with van der Waals surface area (Å²) >= 11 is 1.16. The third-order valence-electron chi connectivity index (χ3n) is 2.97. The Balaban J connectivity index is 2.27. The number of carbonyl (C=O) groups excluding carboxylic acids is 1. The average Bonchev–Trinajstić information content (AvgIpc) is 2.80. The lowest BCUT2D eigenvalue weighted by Crippen LogP contribution is -2.08. The van der Waals surface area contributed by atoms with E-state index in [1.165, 1.54) is 7.11 Å². The van der Waals surface area contributed by atoms with Crippen molar-refractivity contribution in [3.8, 4) is 6.07 Å². The molecule has 1 aromatic heterocycles. The largest absolute Gasteiger partial charge is 0.465 e. The molecule has 108 valence electrons. The van der Waals surface area contributed by atoms with Gasteiger partial charge < -0.3 is 15.8 Å². The van der Waals surface area contributed by atoms with E-state index in [-0.39, 0.29) is 11.3 Å². The lowest BCUT2D eigenvalue weighted by atomic mass is 10.1. The minimum atomic E-state index is -0.544. The number of aryl methyl sites for hydroxylation is 1. The van der Waals surface area contributed by atoms with Crippen LogP contribution in [0, 0.1) is 18.3 Å². The van der Waals surface area contributed by atoms with Crippen LogP contribution in [-0.4, -0.2) is 13.1 Å². The van der Waals surface area contributed by atoms with Gasteiger partial charge in [0.25, 0.3) is 0 Å². The highest BCUT2D eigenvalue weighted by molar-refractivity contribution is 7.17. The highest BCUT2D eigenvalue weighted by Crippen LogP contribution is 2.35. The van der Waals surface area contributed by atoms with E-state index in [2.05, 4.69) is 5.32 Å². The molecule has 5 nitrogen and oxygen atoms in total. The highest BCUT2D eigenvalue weighted by Gasteiger charge is 2.22. The number of nitrogens with one attached hydrogen (secondary N) is 1. The average molecular weight is 301 g/mol. The molecule has 0 aliphatic heterocycles. The van der Waals surface area contributed by atoms with Crippen molar-refractivity contribution < 1.29 is 9.53 Å². The first-order chi connectivity index (χ1) is 10.1. The van der Waals surface area contributed by atoms with Gasteiger partial charge in [-0.3, -0.25) is 0 Å². The number of anilines is 2. The number of nitrogen functional groups attached to an aromatic ring is 1. The predicted molar refractivity (Wildman–Crippen MR) is 83.3 cm³/mol. The normalized spacial score (nSPS) is 9.95. The van der Waals surface area contributed by atoms with Crippen molar-refractivity contribution in [1.82, 2.24) is 0 Å². The molecule has 2 aromatic rings. The van der Waals surface area contributed by atoms with Crippen LogP contribution in [0.4, 0.5) is 10.7 Å². The Labute approximate surface area is 127 Å². The molecule has 0 saturated heterocycles. The fraction of sp³-hybridized carbons (Fsp3) is 0.200. The van der Waals surface area contributed by atoms with Crippen LogP contribution in [0.2, 0.25) is 0 Å². The molecule has 0 fully saturated rings. The summed E-state index contributed by atoms with van der Waals surface area (Å²) in [5.74, 6) is -0.544. The van der Waals surface area contributed by atoms with Crippen molar-refractivity contribution in [2.45, 2.75) is 13.5 Å². The number of benzene rings is 1. The molecule has 0 amide bonds. The number of nitrogens with zero attached hydrogens (tertiary/aromatic N) is 1. The quantitative estimate of drug-likeness (QED) is 0.848. The van der Waals surface area contributed by atoms with E-state index in [4.69, 9.17) is 15.7 Å². The zero-order chi connectivity index (χ0) is 15.4. The maximum absolute atomic E-state index is 11.8. The summed E-state index contributed by atoms with van der Waals surface area (Å²) in [6.45, 7) is 2.55. The van der Waals surface area contributed by atoms with Gasteiger partial charge in [0.15, 0.2) is 0 Å². The highest BCUT2D eigenvalue weighted by atomic mass is 32.1. The van der Waals surface area contributed by atoms with Crippen molar-refractivity contribution in [2.75, 3.05) is 18.2 Å². The Kier molecular flexibility index (Phi) is 4.45. The molecular weight excluding hydrogens is 286 g/mol. The summed E-state index contributed by atoms with van der Waals surface area (Å²) in [4.78, 5) is 12.1. The van der Waals surface area contributed by atoms with Gasteiger partial charge in [-0.1, -0.05) is 29.8 Å². The first-order valence-electron chi connectivity index (χ1n) is 6.27. The number of esters is 1. The second-order valence-corrected chi connectivity index (χ2v) is 5.52. The van der Waals surface area contributed by atoms with Crippen molar-refractivity contribution in [1.29, 1.82) is 5.26 Å². The number of rotatable bonds is 4. The lowest BCUT2D eigenvalue weighted by molar-refractivity contribution is 0.0603. The Morgan fingerprint density at radius 1 is 1.52 bits per heavy atom. The van der Waals surface area contributed by atoms with Crippen LogP contribution in [-0.2, 0) is 11.3 Å². The number of hydrogen-bond acceptors (Lipinski definition) is 6. The standard InChI is InChI=1S/C15H15N3O2S/c1-9-4-3-5-10(6-9)8-18-14-12(15(19)20-2)13(17)11(7-16)21-14/h3-6,18H,8,17H2,1-2H3. The van der Waals surface area contributed by atoms with E-state index < -0.39 is 5.97 Å². The number of methoxy groups -OCH3 is 1. The van der Waals surface area contributed by atoms with E-state index in [0.29, 0.717) is 16.4 Å². The van der Waals surface area contributed by atoms with Gasteiger partial charge in [-0.2, -0.15) is 5.26 Å². The van der Waals surface area contributed by atoms with Crippen LogP contribution in [0.1, 0.15) is 26.4 Å². The minimum Gasteiger partial charge on any atom is -0.465 e. The second kappa shape index (κ2) is 6.29. The van der Waals surface area contributed by atoms with E-state index in [9.17, 15) is 4.79 Å². The van der Waals surface area contributed by atoms with Gasteiger partial charge in [-0.05, 0) is 12.5 Å². The van der Waals surface area contributed by atoms with E-state index in [1.807, 2.05) is 37.3 Å². The first kappa shape index (κ1) is 14.9. The van der Waals surface area contributed by atoms with Crippen molar-refractivity contribution in [3.05, 3.63) is 45.8 Å². The van der Waals surface area contributed by atoms with Gasteiger partial charge in [0, 0.05) is 6.54 Å². The monoisotopic (exact) mass is 301 g/mol. The number of nitriles is 1. The molecule has 0 aliphatic rings. The topological polar surface area (TPSA) is 88.1 Å². The zero-order valence-electron chi connectivity index (χ0n) is 11.8. The molecule has 6 heteroatoms. The molecule has 0 radical (unpaired) electrons. The van der Waals surface area contributed by atoms with Crippen molar-refractivity contribution in [2.24, 2.45) is 0 Å². The fourth-order valence-electron chi connectivity index (χ4n) is 1.96. The molecule has 0 aliphatic carbocycles. The number of ether oxygens (including phenoxy) is 1. The minimum absolute atomic E-state index is 0.168. The SMILES string of the molecule is COC(=O)c1c(NCc2cccc(C)c2)sc(C#N)c1N. The van der Waals surface area contributed by atoms with Crippen LogP contribution < -0.4 is 11.1 Å². The molecule has 1 aromatic carbocycles. The Morgan fingerprint density at radius 2 is 2.29 bits per heavy atom. The molecule has 0 atom stereocenters. The van der Waals surface area contributed by atoms with Crippen LogP contribution in [0.5, 0.6) is 0 Å². The first-order valence-corrected chi connectivity index (χ1v) is 7.08. The molecule has 2 rings (SSSR count). The van der Waals surface area contributed by atoms with Crippen LogP contribution in [0.25, 0.3) is 0 Å².